The topological polar surface area (TPSA) is 0 Å². The lowest BCUT2D eigenvalue weighted by atomic mass is 9.85. The number of benzene rings is 3. The summed E-state index contributed by atoms with van der Waals surface area (Å²) in [5.41, 5.74) is 10.3. The highest BCUT2D eigenvalue weighted by Gasteiger charge is 2.14. The summed E-state index contributed by atoms with van der Waals surface area (Å²) >= 11 is 0. The van der Waals surface area contributed by atoms with E-state index in [1.165, 1.54) is 40.7 Å². The van der Waals surface area contributed by atoms with E-state index in [1.54, 1.807) is 11.1 Å². The van der Waals surface area contributed by atoms with Crippen molar-refractivity contribution in [2.75, 3.05) is 0 Å². The summed E-state index contributed by atoms with van der Waals surface area (Å²) in [6.45, 7) is 6.86. The summed E-state index contributed by atoms with van der Waals surface area (Å²) in [4.78, 5) is 0. The summed E-state index contributed by atoms with van der Waals surface area (Å²) in [6.07, 6.45) is 5.87. The minimum Gasteiger partial charge on any atom is -0.0651 e. The van der Waals surface area contributed by atoms with Crippen LogP contribution in [0.5, 0.6) is 0 Å². The smallest absolute Gasteiger partial charge is 0.0146 e. The second-order valence-electron chi connectivity index (χ2n) is 7.28. The molecule has 0 atom stereocenters. The van der Waals surface area contributed by atoms with Crippen LogP contribution in [0.1, 0.15) is 47.6 Å². The van der Waals surface area contributed by atoms with E-state index in [1.807, 2.05) is 0 Å². The van der Waals surface area contributed by atoms with Crippen molar-refractivity contribution >= 4 is 0 Å². The van der Waals surface area contributed by atoms with Gasteiger partial charge in [-0.2, -0.15) is 0 Å². The van der Waals surface area contributed by atoms with Crippen molar-refractivity contribution in [3.63, 3.8) is 0 Å². The lowest BCUT2D eigenvalue weighted by Gasteiger charge is -2.20. The molecule has 0 amide bonds. The van der Waals surface area contributed by atoms with E-state index in [4.69, 9.17) is 0 Å². The molecule has 0 N–H and O–H groups in total. The van der Waals surface area contributed by atoms with Crippen LogP contribution in [-0.4, -0.2) is 0 Å². The van der Waals surface area contributed by atoms with Gasteiger partial charge in [0.25, 0.3) is 0 Å². The average Bonchev–Trinajstić information content (AvgIpc) is 2.68. The third-order valence-electron chi connectivity index (χ3n) is 5.41. The maximum atomic E-state index is 2.40. The molecular weight excluding hydrogens is 312 g/mol. The Morgan fingerprint density at radius 3 is 2.00 bits per heavy atom. The molecule has 0 heteroatoms. The van der Waals surface area contributed by atoms with Crippen molar-refractivity contribution in [3.8, 4) is 11.1 Å². The first-order valence-electron chi connectivity index (χ1n) is 9.92. The normalized spacial score (nSPS) is 10.9. The van der Waals surface area contributed by atoms with Crippen LogP contribution in [0.25, 0.3) is 11.1 Å². The van der Waals surface area contributed by atoms with Gasteiger partial charge in [0, 0.05) is 0 Å². The summed E-state index contributed by atoms with van der Waals surface area (Å²) in [5.74, 6) is 0. The van der Waals surface area contributed by atoms with Crippen molar-refractivity contribution in [2.24, 2.45) is 0 Å². The van der Waals surface area contributed by atoms with Gasteiger partial charge in [0.05, 0.1) is 0 Å². The average molecular weight is 343 g/mol. The SMILES string of the molecule is CCCc1c(-c2ccccc2)cc(C)c(C)c1CCCc1ccccc1. The first-order chi connectivity index (χ1) is 12.7. The Morgan fingerprint density at radius 1 is 0.692 bits per heavy atom. The van der Waals surface area contributed by atoms with E-state index < -0.39 is 0 Å². The van der Waals surface area contributed by atoms with Crippen molar-refractivity contribution in [3.05, 3.63) is 94.5 Å². The van der Waals surface area contributed by atoms with Gasteiger partial charge in [-0.3, -0.25) is 0 Å². The fourth-order valence-corrected chi connectivity index (χ4v) is 3.90. The Labute approximate surface area is 158 Å². The van der Waals surface area contributed by atoms with E-state index in [-0.39, 0.29) is 0 Å². The van der Waals surface area contributed by atoms with Gasteiger partial charge in [-0.25, -0.2) is 0 Å². The molecule has 0 bridgehead atoms. The highest BCUT2D eigenvalue weighted by atomic mass is 14.2. The highest BCUT2D eigenvalue weighted by Crippen LogP contribution is 2.32. The van der Waals surface area contributed by atoms with Crippen LogP contribution < -0.4 is 0 Å². The Kier molecular flexibility index (Phi) is 6.28. The molecule has 0 aromatic heterocycles. The summed E-state index contributed by atoms with van der Waals surface area (Å²) in [7, 11) is 0. The molecule has 0 spiro atoms. The van der Waals surface area contributed by atoms with Gasteiger partial charge < -0.3 is 0 Å². The minimum atomic E-state index is 1.15. The van der Waals surface area contributed by atoms with E-state index in [0.29, 0.717) is 0 Å². The summed E-state index contributed by atoms with van der Waals surface area (Å²) in [6, 6.07) is 24.2. The molecule has 3 aromatic carbocycles. The number of hydrogen-bond donors (Lipinski definition) is 0. The van der Waals surface area contributed by atoms with Crippen molar-refractivity contribution in [1.29, 1.82) is 0 Å². The van der Waals surface area contributed by atoms with E-state index in [0.717, 1.165) is 19.3 Å². The lowest BCUT2D eigenvalue weighted by molar-refractivity contribution is 0.795. The second kappa shape index (κ2) is 8.85. The molecule has 0 aliphatic carbocycles. The maximum absolute atomic E-state index is 2.40. The van der Waals surface area contributed by atoms with Crippen LogP contribution in [0.4, 0.5) is 0 Å². The van der Waals surface area contributed by atoms with Crippen LogP contribution >= 0.6 is 0 Å². The van der Waals surface area contributed by atoms with Crippen LogP contribution in [0, 0.1) is 13.8 Å². The van der Waals surface area contributed by atoms with Gasteiger partial charge in [-0.05, 0) is 78.5 Å². The molecule has 3 aromatic rings. The largest absolute Gasteiger partial charge is 0.0651 e. The van der Waals surface area contributed by atoms with Gasteiger partial charge in [0.2, 0.25) is 0 Å². The molecule has 3 rings (SSSR count). The monoisotopic (exact) mass is 342 g/mol. The highest BCUT2D eigenvalue weighted by molar-refractivity contribution is 5.71. The Hall–Kier alpha value is -2.34. The maximum Gasteiger partial charge on any atom is -0.0146 e. The van der Waals surface area contributed by atoms with E-state index in [9.17, 15) is 0 Å². The first-order valence-corrected chi connectivity index (χ1v) is 9.92. The Bertz CT molecular complexity index is 829. The van der Waals surface area contributed by atoms with Gasteiger partial charge >= 0.3 is 0 Å². The van der Waals surface area contributed by atoms with Gasteiger partial charge in [0.15, 0.2) is 0 Å². The predicted octanol–water partition coefficient (Wildman–Crippen LogP) is 7.10. The standard InChI is InChI=1S/C26H30/c1-4-12-25-24(18-11-15-22-13-7-5-8-14-22)21(3)20(2)19-26(25)23-16-9-6-10-17-23/h5-10,13-14,16-17,19H,4,11-12,15,18H2,1-3H3. The third kappa shape index (κ3) is 4.25. The molecule has 0 radical (unpaired) electrons. The Balaban J connectivity index is 1.93. The van der Waals surface area contributed by atoms with Gasteiger partial charge in [-0.1, -0.05) is 80.1 Å². The summed E-state index contributed by atoms with van der Waals surface area (Å²) < 4.78 is 0. The lowest BCUT2D eigenvalue weighted by Crippen LogP contribution is -2.04. The van der Waals surface area contributed by atoms with Crippen LogP contribution in [-0.2, 0) is 19.3 Å². The number of hydrogen-bond acceptors (Lipinski definition) is 0. The molecular formula is C26H30. The number of rotatable bonds is 7. The third-order valence-corrected chi connectivity index (χ3v) is 5.41. The van der Waals surface area contributed by atoms with Gasteiger partial charge in [0.1, 0.15) is 0 Å². The minimum absolute atomic E-state index is 1.15. The molecule has 134 valence electrons. The van der Waals surface area contributed by atoms with Crippen LogP contribution in [0.2, 0.25) is 0 Å². The molecule has 0 saturated carbocycles. The first kappa shape index (κ1) is 18.5. The summed E-state index contributed by atoms with van der Waals surface area (Å²) in [5, 5.41) is 0. The molecule has 26 heavy (non-hydrogen) atoms. The Morgan fingerprint density at radius 2 is 1.35 bits per heavy atom. The zero-order chi connectivity index (χ0) is 18.4. The number of aryl methyl sites for hydroxylation is 2. The van der Waals surface area contributed by atoms with E-state index in [2.05, 4.69) is 87.5 Å². The van der Waals surface area contributed by atoms with E-state index >= 15 is 0 Å². The zero-order valence-electron chi connectivity index (χ0n) is 16.4. The molecule has 0 fully saturated rings. The fraction of sp³-hybridized carbons (Fsp3) is 0.308. The van der Waals surface area contributed by atoms with Crippen molar-refractivity contribution in [1.82, 2.24) is 0 Å². The van der Waals surface area contributed by atoms with Gasteiger partial charge in [-0.15, -0.1) is 0 Å². The zero-order valence-corrected chi connectivity index (χ0v) is 16.4. The quantitative estimate of drug-likeness (QED) is 0.429. The van der Waals surface area contributed by atoms with Crippen molar-refractivity contribution in [2.45, 2.75) is 52.9 Å². The second-order valence-corrected chi connectivity index (χ2v) is 7.28. The molecule has 0 aliphatic rings. The molecule has 0 aliphatic heterocycles. The predicted molar refractivity (Wildman–Crippen MR) is 114 cm³/mol. The fourth-order valence-electron chi connectivity index (χ4n) is 3.90. The molecule has 0 saturated heterocycles. The van der Waals surface area contributed by atoms with Crippen LogP contribution in [0.3, 0.4) is 0 Å². The molecule has 0 heterocycles. The van der Waals surface area contributed by atoms with Crippen molar-refractivity contribution < 1.29 is 0 Å². The molecule has 0 unspecified atom stereocenters. The molecule has 0 nitrogen and oxygen atoms in total. The van der Waals surface area contributed by atoms with Crippen LogP contribution in [0.15, 0.2) is 66.7 Å².